The first kappa shape index (κ1) is 10.2. The van der Waals surface area contributed by atoms with Gasteiger partial charge in [-0.1, -0.05) is 0 Å². The molecule has 1 N–H and O–H groups in total. The van der Waals surface area contributed by atoms with E-state index in [1.807, 2.05) is 0 Å². The Morgan fingerprint density at radius 2 is 1.85 bits per heavy atom. The first-order chi connectivity index (χ1) is 5.82. The summed E-state index contributed by atoms with van der Waals surface area (Å²) in [5, 5.41) is 15.7. The molecule has 1 radical (unpaired) electrons. The maximum absolute atomic E-state index is 11.7. The zero-order valence-corrected chi connectivity index (χ0v) is 8.42. The standard InChI is InChI=1S/C9H15N2O2/c1-8(2)7(5-6-12)10-9(3,4)11(8)13/h5-6,10H,1-4H3. The molecule has 0 spiro atoms. The average Bonchev–Trinajstić information content (AvgIpc) is 2.14. The minimum absolute atomic E-state index is 0.641. The molecule has 1 saturated heterocycles. The minimum Gasteiger partial charge on any atom is -0.367 e. The van der Waals surface area contributed by atoms with Crippen LogP contribution >= 0.6 is 0 Å². The summed E-state index contributed by atoms with van der Waals surface area (Å²) in [6.07, 6.45) is 2.10. The topological polar surface area (TPSA) is 52.2 Å². The Kier molecular flexibility index (Phi) is 2.21. The van der Waals surface area contributed by atoms with Gasteiger partial charge in [0.2, 0.25) is 0 Å². The van der Waals surface area contributed by atoms with Crippen molar-refractivity contribution in [3.8, 4) is 0 Å². The number of hydroxylamine groups is 2. The normalized spacial score (nSPS) is 28.8. The van der Waals surface area contributed by atoms with Gasteiger partial charge in [0, 0.05) is 5.70 Å². The molecule has 1 rings (SSSR count). The molecule has 0 atom stereocenters. The van der Waals surface area contributed by atoms with Crippen LogP contribution in [0.3, 0.4) is 0 Å². The van der Waals surface area contributed by atoms with Gasteiger partial charge in [-0.3, -0.25) is 4.79 Å². The van der Waals surface area contributed by atoms with E-state index in [0.717, 1.165) is 5.06 Å². The van der Waals surface area contributed by atoms with Gasteiger partial charge >= 0.3 is 0 Å². The van der Waals surface area contributed by atoms with Gasteiger partial charge in [0.1, 0.15) is 11.9 Å². The monoisotopic (exact) mass is 183 g/mol. The van der Waals surface area contributed by atoms with Crippen molar-refractivity contribution in [1.82, 2.24) is 10.4 Å². The number of nitrogens with zero attached hydrogens (tertiary/aromatic N) is 1. The predicted molar refractivity (Wildman–Crippen MR) is 48.0 cm³/mol. The molecule has 13 heavy (non-hydrogen) atoms. The van der Waals surface area contributed by atoms with Crippen LogP contribution in [-0.2, 0) is 10.0 Å². The molecule has 0 saturated carbocycles. The Labute approximate surface area is 78.2 Å². The van der Waals surface area contributed by atoms with Crippen molar-refractivity contribution >= 4 is 6.29 Å². The van der Waals surface area contributed by atoms with Gasteiger partial charge in [0.05, 0.1) is 5.54 Å². The molecule has 0 aromatic rings. The van der Waals surface area contributed by atoms with E-state index in [1.165, 1.54) is 6.08 Å². The third-order valence-corrected chi connectivity index (χ3v) is 2.35. The van der Waals surface area contributed by atoms with Crippen molar-refractivity contribution in [2.24, 2.45) is 0 Å². The summed E-state index contributed by atoms with van der Waals surface area (Å²) in [7, 11) is 0. The number of carbonyl (C=O) groups excluding carboxylic acids is 1. The SMILES string of the molecule is CC1(C)NC(=CC=O)C(C)(C)N1[O]. The summed E-state index contributed by atoms with van der Waals surface area (Å²) in [4.78, 5) is 10.3. The molecule has 1 aliphatic heterocycles. The summed E-state index contributed by atoms with van der Waals surface area (Å²) in [5.41, 5.74) is -0.620. The van der Waals surface area contributed by atoms with Crippen molar-refractivity contribution < 1.29 is 10.0 Å². The lowest BCUT2D eigenvalue weighted by Gasteiger charge is -2.29. The van der Waals surface area contributed by atoms with Gasteiger partial charge in [-0.2, -0.15) is 0 Å². The first-order valence-corrected chi connectivity index (χ1v) is 4.24. The van der Waals surface area contributed by atoms with E-state index >= 15 is 0 Å². The van der Waals surface area contributed by atoms with Crippen molar-refractivity contribution in [1.29, 1.82) is 0 Å². The van der Waals surface area contributed by atoms with E-state index in [2.05, 4.69) is 5.32 Å². The van der Waals surface area contributed by atoms with Crippen LogP contribution in [0.5, 0.6) is 0 Å². The Morgan fingerprint density at radius 3 is 2.15 bits per heavy atom. The molecular weight excluding hydrogens is 168 g/mol. The second-order valence-electron chi connectivity index (χ2n) is 4.25. The molecule has 73 valence electrons. The fourth-order valence-electron chi connectivity index (χ4n) is 1.66. The summed E-state index contributed by atoms with van der Waals surface area (Å²) in [6, 6.07) is 0. The lowest BCUT2D eigenvalue weighted by Crippen LogP contribution is -2.47. The molecule has 1 heterocycles. The van der Waals surface area contributed by atoms with Crippen LogP contribution in [0, 0.1) is 0 Å². The van der Waals surface area contributed by atoms with Crippen LogP contribution in [0.4, 0.5) is 0 Å². The molecule has 0 aliphatic carbocycles. The molecule has 4 nitrogen and oxygen atoms in total. The summed E-state index contributed by atoms with van der Waals surface area (Å²) < 4.78 is 0. The maximum Gasteiger partial charge on any atom is 0.144 e. The van der Waals surface area contributed by atoms with Crippen LogP contribution in [-0.4, -0.2) is 22.6 Å². The number of nitrogens with one attached hydrogen (secondary N) is 1. The molecule has 1 fully saturated rings. The van der Waals surface area contributed by atoms with Crippen LogP contribution in [0.2, 0.25) is 0 Å². The highest BCUT2D eigenvalue weighted by atomic mass is 16.5. The quantitative estimate of drug-likeness (QED) is 0.484. The highest BCUT2D eigenvalue weighted by Gasteiger charge is 2.48. The van der Waals surface area contributed by atoms with Gasteiger partial charge in [-0.15, -0.1) is 10.3 Å². The van der Waals surface area contributed by atoms with E-state index in [9.17, 15) is 10.0 Å². The zero-order valence-electron chi connectivity index (χ0n) is 8.42. The summed E-state index contributed by atoms with van der Waals surface area (Å²) in [5.74, 6) is 0. The molecule has 1 aliphatic rings. The molecule has 4 heteroatoms. The lowest BCUT2D eigenvalue weighted by atomic mass is 10.0. The second-order valence-corrected chi connectivity index (χ2v) is 4.25. The van der Waals surface area contributed by atoms with Gasteiger partial charge in [-0.05, 0) is 33.8 Å². The number of allylic oxidation sites excluding steroid dienone is 1. The van der Waals surface area contributed by atoms with Crippen molar-refractivity contribution in [2.75, 3.05) is 0 Å². The molecule has 0 bridgehead atoms. The number of rotatable bonds is 1. The lowest BCUT2D eigenvalue weighted by molar-refractivity contribution is -0.243. The molecule has 0 unspecified atom stereocenters. The predicted octanol–water partition coefficient (Wildman–Crippen LogP) is 0.835. The molecule has 0 amide bonds. The number of carbonyl (C=O) groups is 1. The zero-order chi connectivity index (χ0) is 10.3. The highest BCUT2D eigenvalue weighted by Crippen LogP contribution is 2.34. The largest absolute Gasteiger partial charge is 0.367 e. The third-order valence-electron chi connectivity index (χ3n) is 2.35. The van der Waals surface area contributed by atoms with Gasteiger partial charge in [0.25, 0.3) is 0 Å². The van der Waals surface area contributed by atoms with Gasteiger partial charge < -0.3 is 5.32 Å². The highest BCUT2D eigenvalue weighted by molar-refractivity contribution is 5.67. The maximum atomic E-state index is 11.7. The molecule has 0 aromatic carbocycles. The van der Waals surface area contributed by atoms with Gasteiger partial charge in [0.15, 0.2) is 0 Å². The molecular formula is C9H15N2O2. The van der Waals surface area contributed by atoms with Crippen LogP contribution in [0.15, 0.2) is 11.8 Å². The van der Waals surface area contributed by atoms with Gasteiger partial charge in [-0.25, -0.2) is 0 Å². The summed E-state index contributed by atoms with van der Waals surface area (Å²) >= 11 is 0. The fraction of sp³-hybridized carbons (Fsp3) is 0.667. The van der Waals surface area contributed by atoms with Crippen molar-refractivity contribution in [2.45, 2.75) is 38.9 Å². The Hall–Kier alpha value is -0.870. The van der Waals surface area contributed by atoms with E-state index in [0.29, 0.717) is 12.0 Å². The Morgan fingerprint density at radius 1 is 1.31 bits per heavy atom. The van der Waals surface area contributed by atoms with E-state index in [-0.39, 0.29) is 0 Å². The van der Waals surface area contributed by atoms with E-state index in [4.69, 9.17) is 0 Å². The average molecular weight is 183 g/mol. The second kappa shape index (κ2) is 2.82. The van der Waals surface area contributed by atoms with Crippen molar-refractivity contribution in [3.63, 3.8) is 0 Å². The first-order valence-electron chi connectivity index (χ1n) is 4.24. The smallest absolute Gasteiger partial charge is 0.144 e. The number of hydrogen-bond donors (Lipinski definition) is 1. The number of hydrogen-bond acceptors (Lipinski definition) is 3. The minimum atomic E-state index is -0.648. The Balaban J connectivity index is 3.07. The number of aldehydes is 1. The van der Waals surface area contributed by atoms with Crippen LogP contribution in [0.25, 0.3) is 0 Å². The molecule has 0 aromatic heterocycles. The third kappa shape index (κ3) is 1.47. The van der Waals surface area contributed by atoms with E-state index in [1.54, 1.807) is 27.7 Å². The fourth-order valence-corrected chi connectivity index (χ4v) is 1.66. The van der Waals surface area contributed by atoms with Crippen LogP contribution in [0.1, 0.15) is 27.7 Å². The summed E-state index contributed by atoms with van der Waals surface area (Å²) in [6.45, 7) is 7.15. The van der Waals surface area contributed by atoms with Crippen LogP contribution < -0.4 is 5.32 Å². The van der Waals surface area contributed by atoms with Crippen molar-refractivity contribution in [3.05, 3.63) is 11.8 Å². The van der Waals surface area contributed by atoms with E-state index < -0.39 is 11.2 Å². The Bertz CT molecular complexity index is 256.